The lowest BCUT2D eigenvalue weighted by Gasteiger charge is -2.13. The third kappa shape index (κ3) is 4.65. The third-order valence-corrected chi connectivity index (χ3v) is 3.54. The Hall–Kier alpha value is -0.480. The fourth-order valence-electron chi connectivity index (χ4n) is 1.86. The van der Waals surface area contributed by atoms with E-state index in [1.54, 1.807) is 0 Å². The lowest BCUT2D eigenvalue weighted by atomic mass is 9.97. The van der Waals surface area contributed by atoms with E-state index in [0.29, 0.717) is 10.9 Å². The average Bonchev–Trinajstić information content (AvgIpc) is 2.35. The quantitative estimate of drug-likeness (QED) is 0.583. The number of rotatable bonds is 7. The van der Waals surface area contributed by atoms with Crippen molar-refractivity contribution in [2.45, 2.75) is 33.1 Å². The van der Waals surface area contributed by atoms with Gasteiger partial charge in [0, 0.05) is 5.56 Å². The highest BCUT2D eigenvalue weighted by Crippen LogP contribution is 2.24. The Morgan fingerprint density at radius 3 is 2.67 bits per heavy atom. The van der Waals surface area contributed by atoms with E-state index < -0.39 is 11.6 Å². The van der Waals surface area contributed by atoms with Crippen molar-refractivity contribution in [3.8, 4) is 0 Å². The largest absolute Gasteiger partial charge is 0.317 e. The molecule has 0 radical (unpaired) electrons. The van der Waals surface area contributed by atoms with Crippen LogP contribution in [-0.4, -0.2) is 13.1 Å². The summed E-state index contributed by atoms with van der Waals surface area (Å²) < 4.78 is 27.6. The maximum Gasteiger partial charge on any atom is 0.143 e. The van der Waals surface area contributed by atoms with Gasteiger partial charge in [-0.3, -0.25) is 0 Å². The Morgan fingerprint density at radius 1 is 1.28 bits per heavy atom. The van der Waals surface area contributed by atoms with Crippen molar-refractivity contribution >= 4 is 15.9 Å². The van der Waals surface area contributed by atoms with Gasteiger partial charge in [0.15, 0.2) is 0 Å². The molecule has 1 unspecified atom stereocenters. The van der Waals surface area contributed by atoms with Crippen LogP contribution in [0.15, 0.2) is 16.6 Å². The van der Waals surface area contributed by atoms with Crippen LogP contribution in [0.1, 0.15) is 32.3 Å². The highest BCUT2D eigenvalue weighted by Gasteiger charge is 2.15. The first-order valence-electron chi connectivity index (χ1n) is 6.39. The molecule has 0 saturated heterocycles. The number of benzene rings is 1. The van der Waals surface area contributed by atoms with E-state index in [4.69, 9.17) is 0 Å². The van der Waals surface area contributed by atoms with Gasteiger partial charge in [-0.2, -0.15) is 0 Å². The predicted molar refractivity (Wildman–Crippen MR) is 74.7 cm³/mol. The first-order chi connectivity index (χ1) is 8.56. The van der Waals surface area contributed by atoms with Crippen molar-refractivity contribution < 1.29 is 8.78 Å². The Balaban J connectivity index is 2.54. The van der Waals surface area contributed by atoms with Crippen LogP contribution in [0.3, 0.4) is 0 Å². The molecule has 1 aromatic carbocycles. The summed E-state index contributed by atoms with van der Waals surface area (Å²) in [5, 5.41) is 3.30. The van der Waals surface area contributed by atoms with Crippen LogP contribution < -0.4 is 5.32 Å². The van der Waals surface area contributed by atoms with Crippen LogP contribution in [-0.2, 0) is 6.42 Å². The lowest BCUT2D eigenvalue weighted by Crippen LogP contribution is -2.19. The lowest BCUT2D eigenvalue weighted by molar-refractivity contribution is 0.467. The van der Waals surface area contributed by atoms with Crippen molar-refractivity contribution in [2.24, 2.45) is 5.92 Å². The molecule has 0 fully saturated rings. The summed E-state index contributed by atoms with van der Waals surface area (Å²) in [7, 11) is 0. The van der Waals surface area contributed by atoms with Gasteiger partial charge in [-0.1, -0.05) is 13.8 Å². The second-order valence-electron chi connectivity index (χ2n) is 4.67. The summed E-state index contributed by atoms with van der Waals surface area (Å²) in [4.78, 5) is 0. The Labute approximate surface area is 116 Å². The minimum Gasteiger partial charge on any atom is -0.317 e. The number of hydrogen-bond donors (Lipinski definition) is 1. The summed E-state index contributed by atoms with van der Waals surface area (Å²) in [6, 6.07) is 2.71. The molecule has 1 aromatic rings. The van der Waals surface area contributed by atoms with Gasteiger partial charge >= 0.3 is 0 Å². The van der Waals surface area contributed by atoms with Gasteiger partial charge in [-0.05, 0) is 66.3 Å². The van der Waals surface area contributed by atoms with Crippen molar-refractivity contribution in [1.82, 2.24) is 5.32 Å². The van der Waals surface area contributed by atoms with Gasteiger partial charge in [0.1, 0.15) is 11.6 Å². The van der Waals surface area contributed by atoms with Crippen molar-refractivity contribution in [3.05, 3.63) is 33.8 Å². The van der Waals surface area contributed by atoms with E-state index in [-0.39, 0.29) is 11.5 Å². The normalized spacial score (nSPS) is 12.7. The number of hydrogen-bond acceptors (Lipinski definition) is 1. The molecule has 0 amide bonds. The fourth-order valence-corrected chi connectivity index (χ4v) is 2.23. The van der Waals surface area contributed by atoms with E-state index in [1.165, 1.54) is 12.1 Å². The molecule has 1 rings (SSSR count). The first-order valence-corrected chi connectivity index (χ1v) is 7.18. The molecule has 18 heavy (non-hydrogen) atoms. The SMILES string of the molecule is CCCNCCC(C)Cc1c(F)ccc(Br)c1F. The van der Waals surface area contributed by atoms with Crippen LogP contribution in [0.4, 0.5) is 8.78 Å². The molecule has 0 aliphatic carbocycles. The zero-order valence-electron chi connectivity index (χ0n) is 10.9. The smallest absolute Gasteiger partial charge is 0.143 e. The Morgan fingerprint density at radius 2 is 2.00 bits per heavy atom. The van der Waals surface area contributed by atoms with Crippen LogP contribution in [0.5, 0.6) is 0 Å². The first kappa shape index (κ1) is 15.6. The van der Waals surface area contributed by atoms with Crippen LogP contribution >= 0.6 is 15.9 Å². The summed E-state index contributed by atoms with van der Waals surface area (Å²) >= 11 is 3.09. The van der Waals surface area contributed by atoms with Gasteiger partial charge in [0.05, 0.1) is 4.47 Å². The second-order valence-corrected chi connectivity index (χ2v) is 5.52. The van der Waals surface area contributed by atoms with Crippen molar-refractivity contribution in [1.29, 1.82) is 0 Å². The molecule has 0 saturated carbocycles. The molecule has 102 valence electrons. The maximum atomic E-state index is 13.8. The fraction of sp³-hybridized carbons (Fsp3) is 0.571. The molecule has 0 aromatic heterocycles. The predicted octanol–water partition coefficient (Wildman–Crippen LogP) is 4.30. The number of halogens is 3. The molecule has 0 bridgehead atoms. The minimum atomic E-state index is -0.469. The number of nitrogens with one attached hydrogen (secondary N) is 1. The van der Waals surface area contributed by atoms with Crippen molar-refractivity contribution in [2.75, 3.05) is 13.1 Å². The Kier molecular flexibility index (Phi) is 6.79. The summed E-state index contributed by atoms with van der Waals surface area (Å²) in [6.45, 7) is 6.02. The highest BCUT2D eigenvalue weighted by molar-refractivity contribution is 9.10. The standard InChI is InChI=1S/C14H20BrF2N/c1-3-7-18-8-6-10(2)9-11-13(16)5-4-12(15)14(11)17/h4-5,10,18H,3,6-9H2,1-2H3. The minimum absolute atomic E-state index is 0.187. The summed E-state index contributed by atoms with van der Waals surface area (Å²) in [5.41, 5.74) is 0.187. The van der Waals surface area contributed by atoms with E-state index >= 15 is 0 Å². The topological polar surface area (TPSA) is 12.0 Å². The van der Waals surface area contributed by atoms with Gasteiger partial charge in [-0.25, -0.2) is 8.78 Å². The molecule has 4 heteroatoms. The molecule has 0 aliphatic heterocycles. The molecule has 1 nitrogen and oxygen atoms in total. The molecule has 1 N–H and O–H groups in total. The molecular weight excluding hydrogens is 300 g/mol. The zero-order chi connectivity index (χ0) is 13.5. The van der Waals surface area contributed by atoms with Gasteiger partial charge in [0.25, 0.3) is 0 Å². The molecule has 0 spiro atoms. The van der Waals surface area contributed by atoms with E-state index in [9.17, 15) is 8.78 Å². The molecule has 0 heterocycles. The third-order valence-electron chi connectivity index (χ3n) is 2.93. The Bertz CT molecular complexity index is 382. The average molecular weight is 320 g/mol. The van der Waals surface area contributed by atoms with Crippen LogP contribution in [0.2, 0.25) is 0 Å². The maximum absolute atomic E-state index is 13.8. The second kappa shape index (κ2) is 7.85. The van der Waals surface area contributed by atoms with Crippen LogP contribution in [0.25, 0.3) is 0 Å². The summed E-state index contributed by atoms with van der Waals surface area (Å²) in [5.74, 6) is -0.667. The monoisotopic (exact) mass is 319 g/mol. The summed E-state index contributed by atoms with van der Waals surface area (Å²) in [6.07, 6.45) is 2.46. The van der Waals surface area contributed by atoms with Gasteiger partial charge in [0.2, 0.25) is 0 Å². The molecular formula is C14H20BrF2N. The van der Waals surface area contributed by atoms with Crippen molar-refractivity contribution in [3.63, 3.8) is 0 Å². The van der Waals surface area contributed by atoms with Gasteiger partial charge in [-0.15, -0.1) is 0 Å². The van der Waals surface area contributed by atoms with E-state index in [2.05, 4.69) is 28.2 Å². The molecule has 1 atom stereocenters. The molecule has 0 aliphatic rings. The van der Waals surface area contributed by atoms with E-state index in [1.807, 2.05) is 6.92 Å². The van der Waals surface area contributed by atoms with E-state index in [0.717, 1.165) is 25.9 Å². The van der Waals surface area contributed by atoms with Crippen LogP contribution in [0, 0.1) is 17.6 Å². The van der Waals surface area contributed by atoms with Gasteiger partial charge < -0.3 is 5.32 Å². The zero-order valence-corrected chi connectivity index (χ0v) is 12.5. The highest BCUT2D eigenvalue weighted by atomic mass is 79.9.